The molecule has 1 amide bonds. The summed E-state index contributed by atoms with van der Waals surface area (Å²) in [5, 5.41) is 3.14. The summed E-state index contributed by atoms with van der Waals surface area (Å²) in [6.45, 7) is 6.27. The number of rotatable bonds is 2. The van der Waals surface area contributed by atoms with Gasteiger partial charge in [-0.3, -0.25) is 9.69 Å². The minimum absolute atomic E-state index is 0.207. The van der Waals surface area contributed by atoms with Crippen LogP contribution in [0.4, 0.5) is 5.69 Å². The largest absolute Gasteiger partial charge is 0.448 e. The number of carbonyl (C=O) groups is 1. The third-order valence-electron chi connectivity index (χ3n) is 7.14. The molecule has 1 aliphatic carbocycles. The number of hydrogen-bond acceptors (Lipinski definition) is 4. The second-order valence-electron chi connectivity index (χ2n) is 8.98. The Hall–Kier alpha value is -2.14. The Labute approximate surface area is 166 Å². The van der Waals surface area contributed by atoms with Gasteiger partial charge < -0.3 is 9.73 Å². The van der Waals surface area contributed by atoms with Crippen LogP contribution in [0.25, 0.3) is 0 Å². The summed E-state index contributed by atoms with van der Waals surface area (Å²) in [4.78, 5) is 20.1. The van der Waals surface area contributed by atoms with Crippen molar-refractivity contribution in [3.8, 4) is 0 Å². The molecule has 28 heavy (non-hydrogen) atoms. The van der Waals surface area contributed by atoms with Gasteiger partial charge in [-0.15, -0.1) is 0 Å². The third-order valence-corrected chi connectivity index (χ3v) is 7.14. The number of aryl methyl sites for hydroxylation is 2. The van der Waals surface area contributed by atoms with Crippen LogP contribution in [0.15, 0.2) is 28.9 Å². The first kappa shape index (κ1) is 17.9. The van der Waals surface area contributed by atoms with Gasteiger partial charge in [-0.2, -0.15) is 0 Å². The summed E-state index contributed by atoms with van der Waals surface area (Å²) in [6.07, 6.45) is 8.16. The summed E-state index contributed by atoms with van der Waals surface area (Å²) in [5.41, 5.74) is 4.13. The van der Waals surface area contributed by atoms with Crippen LogP contribution in [0.2, 0.25) is 0 Å². The zero-order chi connectivity index (χ0) is 19.3. The van der Waals surface area contributed by atoms with Gasteiger partial charge in [0.05, 0.1) is 11.1 Å². The summed E-state index contributed by atoms with van der Waals surface area (Å²) in [5.74, 6) is 1.50. The van der Waals surface area contributed by atoms with E-state index in [1.807, 2.05) is 6.92 Å². The highest BCUT2D eigenvalue weighted by molar-refractivity contribution is 6.06. The van der Waals surface area contributed by atoms with Crippen molar-refractivity contribution in [2.24, 2.45) is 0 Å². The molecule has 148 valence electrons. The van der Waals surface area contributed by atoms with Crippen molar-refractivity contribution in [2.45, 2.75) is 69.7 Å². The quantitative estimate of drug-likeness (QED) is 0.845. The number of aromatic nitrogens is 1. The SMILES string of the molecule is Cc1ccc2c(c1)C1(CCC(N3CCC[C@@H](c4nc(C)co4)C3)CC1)C(=O)N2. The number of nitrogens with one attached hydrogen (secondary N) is 1. The van der Waals surface area contributed by atoms with Crippen LogP contribution in [0.3, 0.4) is 0 Å². The minimum Gasteiger partial charge on any atom is -0.448 e. The molecule has 2 aromatic rings. The fourth-order valence-electron chi connectivity index (χ4n) is 5.58. The molecule has 1 aromatic carbocycles. The maximum Gasteiger partial charge on any atom is 0.235 e. The standard InChI is InChI=1S/C23H29N3O2/c1-15-5-6-20-19(12-15)23(22(27)25-20)9-7-18(8-10-23)26-11-3-4-17(13-26)21-24-16(2)14-28-21/h5-6,12,14,17-18H,3-4,7-11,13H2,1-2H3,(H,25,27)/t17-,18?,23?/m1/s1. The van der Waals surface area contributed by atoms with E-state index in [1.165, 1.54) is 17.5 Å². The molecule has 2 aliphatic heterocycles. The molecule has 1 saturated carbocycles. The van der Waals surface area contributed by atoms with Gasteiger partial charge in [0.1, 0.15) is 6.26 Å². The van der Waals surface area contributed by atoms with Crippen LogP contribution in [0, 0.1) is 13.8 Å². The van der Waals surface area contributed by atoms with E-state index in [0.717, 1.165) is 62.5 Å². The number of amides is 1. The summed E-state index contributed by atoms with van der Waals surface area (Å²) >= 11 is 0. The first-order valence-corrected chi connectivity index (χ1v) is 10.6. The monoisotopic (exact) mass is 379 g/mol. The Morgan fingerprint density at radius 1 is 1.21 bits per heavy atom. The molecule has 0 unspecified atom stereocenters. The van der Waals surface area contributed by atoms with Gasteiger partial charge >= 0.3 is 0 Å². The lowest BCUT2D eigenvalue weighted by atomic mass is 9.68. The van der Waals surface area contributed by atoms with Crippen LogP contribution in [-0.4, -0.2) is 34.9 Å². The van der Waals surface area contributed by atoms with Crippen molar-refractivity contribution in [1.82, 2.24) is 9.88 Å². The molecule has 3 heterocycles. The molecular weight excluding hydrogens is 350 g/mol. The Kier molecular flexibility index (Phi) is 4.31. The number of likely N-dealkylation sites (tertiary alicyclic amines) is 1. The van der Waals surface area contributed by atoms with Crippen LogP contribution in [0.1, 0.15) is 67.2 Å². The van der Waals surface area contributed by atoms with Gasteiger partial charge in [0.25, 0.3) is 0 Å². The molecular formula is C23H29N3O2. The van der Waals surface area contributed by atoms with Crippen molar-refractivity contribution in [3.63, 3.8) is 0 Å². The second-order valence-corrected chi connectivity index (χ2v) is 8.98. The number of piperidine rings is 1. The average Bonchev–Trinajstić information content (AvgIpc) is 3.25. The van der Waals surface area contributed by atoms with E-state index in [1.54, 1.807) is 6.26 Å². The van der Waals surface area contributed by atoms with Gasteiger partial charge in [-0.25, -0.2) is 4.98 Å². The van der Waals surface area contributed by atoms with E-state index in [4.69, 9.17) is 4.42 Å². The maximum atomic E-state index is 12.9. The van der Waals surface area contributed by atoms with E-state index in [9.17, 15) is 4.79 Å². The Balaban J connectivity index is 1.30. The van der Waals surface area contributed by atoms with Crippen LogP contribution >= 0.6 is 0 Å². The van der Waals surface area contributed by atoms with Crippen molar-refractivity contribution >= 4 is 11.6 Å². The lowest BCUT2D eigenvalue weighted by molar-refractivity contribution is -0.122. The fraction of sp³-hybridized carbons (Fsp3) is 0.565. The van der Waals surface area contributed by atoms with Crippen LogP contribution in [-0.2, 0) is 10.2 Å². The van der Waals surface area contributed by atoms with Crippen molar-refractivity contribution in [1.29, 1.82) is 0 Å². The molecule has 2 fully saturated rings. The molecule has 1 spiro atoms. The van der Waals surface area contributed by atoms with Gasteiger partial charge in [0.2, 0.25) is 5.91 Å². The molecule has 5 heteroatoms. The van der Waals surface area contributed by atoms with Crippen molar-refractivity contribution in [2.75, 3.05) is 18.4 Å². The predicted octanol–water partition coefficient (Wildman–Crippen LogP) is 4.30. The molecule has 0 bridgehead atoms. The highest BCUT2D eigenvalue weighted by Crippen LogP contribution is 2.48. The zero-order valence-electron chi connectivity index (χ0n) is 16.8. The molecule has 1 N–H and O–H groups in total. The smallest absolute Gasteiger partial charge is 0.235 e. The average molecular weight is 380 g/mol. The summed E-state index contributed by atoms with van der Waals surface area (Å²) < 4.78 is 5.69. The van der Waals surface area contributed by atoms with Gasteiger partial charge in [-0.05, 0) is 70.5 Å². The van der Waals surface area contributed by atoms with Gasteiger partial charge in [-0.1, -0.05) is 17.7 Å². The lowest BCUT2D eigenvalue weighted by Crippen LogP contribution is -2.48. The van der Waals surface area contributed by atoms with Gasteiger partial charge in [0, 0.05) is 24.2 Å². The van der Waals surface area contributed by atoms with E-state index < -0.39 is 0 Å². The number of nitrogens with zero attached hydrogens (tertiary/aromatic N) is 2. The second kappa shape index (κ2) is 6.73. The topological polar surface area (TPSA) is 58.4 Å². The van der Waals surface area contributed by atoms with Crippen LogP contribution in [0.5, 0.6) is 0 Å². The number of hydrogen-bond donors (Lipinski definition) is 1. The van der Waals surface area contributed by atoms with Gasteiger partial charge in [0.15, 0.2) is 5.89 Å². The van der Waals surface area contributed by atoms with Crippen LogP contribution < -0.4 is 5.32 Å². The molecule has 3 aliphatic rings. The first-order valence-electron chi connectivity index (χ1n) is 10.6. The third kappa shape index (κ3) is 2.87. The number of fused-ring (bicyclic) bond motifs is 2. The summed E-state index contributed by atoms with van der Waals surface area (Å²) in [6, 6.07) is 6.93. The number of benzene rings is 1. The highest BCUT2D eigenvalue weighted by atomic mass is 16.3. The molecule has 1 aromatic heterocycles. The Bertz CT molecular complexity index is 895. The first-order chi connectivity index (χ1) is 13.5. The van der Waals surface area contributed by atoms with E-state index in [-0.39, 0.29) is 11.3 Å². The summed E-state index contributed by atoms with van der Waals surface area (Å²) in [7, 11) is 0. The fourth-order valence-corrected chi connectivity index (χ4v) is 5.58. The molecule has 5 rings (SSSR count). The zero-order valence-corrected chi connectivity index (χ0v) is 16.8. The molecule has 1 saturated heterocycles. The molecule has 0 radical (unpaired) electrons. The maximum absolute atomic E-state index is 12.9. The van der Waals surface area contributed by atoms with Crippen molar-refractivity contribution < 1.29 is 9.21 Å². The minimum atomic E-state index is -0.313. The van der Waals surface area contributed by atoms with E-state index >= 15 is 0 Å². The lowest BCUT2D eigenvalue weighted by Gasteiger charge is -2.43. The molecule has 1 atom stereocenters. The molecule has 5 nitrogen and oxygen atoms in total. The normalized spacial score (nSPS) is 30.4. The highest BCUT2D eigenvalue weighted by Gasteiger charge is 2.49. The number of carbonyl (C=O) groups excluding carboxylic acids is 1. The Morgan fingerprint density at radius 2 is 2.04 bits per heavy atom. The number of anilines is 1. The van der Waals surface area contributed by atoms with Crippen molar-refractivity contribution in [3.05, 3.63) is 47.2 Å². The van der Waals surface area contributed by atoms with E-state index in [2.05, 4.69) is 40.3 Å². The Morgan fingerprint density at radius 3 is 2.79 bits per heavy atom. The predicted molar refractivity (Wildman–Crippen MR) is 109 cm³/mol. The number of oxazole rings is 1. The van der Waals surface area contributed by atoms with E-state index in [0.29, 0.717) is 12.0 Å².